The number of fused-ring (bicyclic) bond motifs is 2. The van der Waals surface area contributed by atoms with E-state index in [0.29, 0.717) is 28.6 Å². The molecule has 188 valence electrons. The van der Waals surface area contributed by atoms with Crippen LogP contribution in [0.4, 0.5) is 10.1 Å². The Morgan fingerprint density at radius 2 is 1.78 bits per heavy atom. The van der Waals surface area contributed by atoms with E-state index in [2.05, 4.69) is 28.2 Å². The summed E-state index contributed by atoms with van der Waals surface area (Å²) < 4.78 is 14.2. The minimum absolute atomic E-state index is 0.0363. The van der Waals surface area contributed by atoms with Crippen LogP contribution in [0.2, 0.25) is 0 Å². The third-order valence-electron chi connectivity index (χ3n) is 7.44. The van der Waals surface area contributed by atoms with Gasteiger partial charge in [0.1, 0.15) is 5.82 Å². The Morgan fingerprint density at radius 3 is 2.46 bits per heavy atom. The maximum Gasteiger partial charge on any atom is 0.197 e. The van der Waals surface area contributed by atoms with Crippen molar-refractivity contribution in [3.8, 4) is 5.88 Å². The van der Waals surface area contributed by atoms with Gasteiger partial charge in [-0.3, -0.25) is 0 Å². The summed E-state index contributed by atoms with van der Waals surface area (Å²) in [5.41, 5.74) is 4.36. The predicted octanol–water partition coefficient (Wildman–Crippen LogP) is 4.89. The number of likely N-dealkylation sites (tertiary alicyclic amines) is 1. The summed E-state index contributed by atoms with van der Waals surface area (Å²) in [6, 6.07) is 19.2. The highest BCUT2D eigenvalue weighted by molar-refractivity contribution is 6.01. The number of anilines is 1. The molecule has 1 saturated heterocycles. The van der Waals surface area contributed by atoms with Crippen molar-refractivity contribution in [1.82, 2.24) is 9.88 Å². The molecule has 0 aliphatic carbocycles. The SMILES string of the molecule is CCN1CCC(Nc2ccc3[nH]c(O)c(C(=C4N=c5ccccc5=N4)c4ccc(F)c(C)c4)c3c2)CC1. The van der Waals surface area contributed by atoms with Gasteiger partial charge < -0.3 is 20.3 Å². The van der Waals surface area contributed by atoms with Crippen LogP contribution in [0.5, 0.6) is 5.88 Å². The van der Waals surface area contributed by atoms with E-state index >= 15 is 0 Å². The Morgan fingerprint density at radius 1 is 1.05 bits per heavy atom. The Bertz CT molecular complexity index is 1610. The normalized spacial score (nSPS) is 15.9. The van der Waals surface area contributed by atoms with Gasteiger partial charge in [0.2, 0.25) is 0 Å². The zero-order valence-corrected chi connectivity index (χ0v) is 21.1. The second kappa shape index (κ2) is 9.48. The van der Waals surface area contributed by atoms with E-state index in [9.17, 15) is 9.50 Å². The standard InChI is InChI=1S/C30H30FN5O/c1-3-36-14-12-20(13-15-36)32-21-9-11-24-22(17-21)28(30(37)35-24)27(19-8-10-23(31)18(2)16-19)29-33-25-6-4-5-7-26(25)34-29/h4-11,16-17,20,32,35,37H,3,12-15H2,1-2H3. The number of piperidine rings is 1. The number of para-hydroxylation sites is 2. The van der Waals surface area contributed by atoms with Crippen LogP contribution in [0.25, 0.3) is 16.5 Å². The Balaban J connectivity index is 1.49. The third kappa shape index (κ3) is 4.40. The van der Waals surface area contributed by atoms with Crippen molar-refractivity contribution >= 4 is 22.2 Å². The van der Waals surface area contributed by atoms with Crippen LogP contribution in [0.15, 0.2) is 76.5 Å². The molecule has 37 heavy (non-hydrogen) atoms. The zero-order chi connectivity index (χ0) is 25.5. The molecule has 3 heterocycles. The fourth-order valence-electron chi connectivity index (χ4n) is 5.35. The molecule has 6 rings (SSSR count). The molecular formula is C30H30FN5O. The summed E-state index contributed by atoms with van der Waals surface area (Å²) in [7, 11) is 0. The highest BCUT2D eigenvalue weighted by Crippen LogP contribution is 2.40. The second-order valence-corrected chi connectivity index (χ2v) is 9.84. The summed E-state index contributed by atoms with van der Waals surface area (Å²) in [5.74, 6) is 0.253. The van der Waals surface area contributed by atoms with Gasteiger partial charge in [-0.15, -0.1) is 0 Å². The number of aryl methyl sites for hydroxylation is 1. The van der Waals surface area contributed by atoms with Crippen LogP contribution in [-0.4, -0.2) is 40.7 Å². The molecule has 0 spiro atoms. The lowest BCUT2D eigenvalue weighted by Gasteiger charge is -2.32. The number of halogens is 1. The first-order valence-corrected chi connectivity index (χ1v) is 12.9. The summed E-state index contributed by atoms with van der Waals surface area (Å²) in [4.78, 5) is 15.2. The zero-order valence-electron chi connectivity index (χ0n) is 21.1. The van der Waals surface area contributed by atoms with Crippen LogP contribution in [0, 0.1) is 12.7 Å². The third-order valence-corrected chi connectivity index (χ3v) is 7.44. The Labute approximate surface area is 214 Å². The minimum atomic E-state index is -0.277. The number of rotatable bonds is 5. The van der Waals surface area contributed by atoms with E-state index in [1.807, 2.05) is 36.4 Å². The first-order valence-electron chi connectivity index (χ1n) is 12.9. The second-order valence-electron chi connectivity index (χ2n) is 9.84. The van der Waals surface area contributed by atoms with Gasteiger partial charge in [0.05, 0.1) is 16.3 Å². The molecule has 0 amide bonds. The summed E-state index contributed by atoms with van der Waals surface area (Å²) in [6.45, 7) is 7.22. The number of hydrogen-bond acceptors (Lipinski definition) is 5. The van der Waals surface area contributed by atoms with Crippen LogP contribution in [0.3, 0.4) is 0 Å². The van der Waals surface area contributed by atoms with Crippen molar-refractivity contribution in [2.24, 2.45) is 9.98 Å². The largest absolute Gasteiger partial charge is 0.494 e. The molecular weight excluding hydrogens is 465 g/mol. The topological polar surface area (TPSA) is 76.0 Å². The molecule has 2 aliphatic heterocycles. The molecule has 0 atom stereocenters. The predicted molar refractivity (Wildman–Crippen MR) is 145 cm³/mol. The fourth-order valence-corrected chi connectivity index (χ4v) is 5.35. The molecule has 0 saturated carbocycles. The molecule has 6 nitrogen and oxygen atoms in total. The van der Waals surface area contributed by atoms with Crippen molar-refractivity contribution in [2.75, 3.05) is 25.0 Å². The van der Waals surface area contributed by atoms with Crippen molar-refractivity contribution in [3.63, 3.8) is 0 Å². The van der Waals surface area contributed by atoms with Crippen LogP contribution in [0.1, 0.15) is 36.5 Å². The monoisotopic (exact) mass is 495 g/mol. The highest BCUT2D eigenvalue weighted by atomic mass is 19.1. The number of benzene rings is 3. The van der Waals surface area contributed by atoms with Crippen molar-refractivity contribution in [1.29, 1.82) is 0 Å². The molecule has 3 N–H and O–H groups in total. The summed E-state index contributed by atoms with van der Waals surface area (Å²) >= 11 is 0. The van der Waals surface area contributed by atoms with Gasteiger partial charge in [-0.25, -0.2) is 14.4 Å². The van der Waals surface area contributed by atoms with E-state index in [1.165, 1.54) is 6.07 Å². The number of aromatic nitrogens is 1. The van der Waals surface area contributed by atoms with Crippen LogP contribution >= 0.6 is 0 Å². The molecule has 1 aromatic heterocycles. The molecule has 0 bridgehead atoms. The van der Waals surface area contributed by atoms with Crippen molar-refractivity contribution in [3.05, 3.63) is 99.7 Å². The number of nitrogens with one attached hydrogen (secondary N) is 2. The molecule has 3 aromatic carbocycles. The number of hydrogen-bond donors (Lipinski definition) is 3. The molecule has 0 radical (unpaired) electrons. The number of aromatic amines is 1. The van der Waals surface area contributed by atoms with Crippen molar-refractivity contribution in [2.45, 2.75) is 32.7 Å². The molecule has 4 aromatic rings. The van der Waals surface area contributed by atoms with Gasteiger partial charge in [0, 0.05) is 41.3 Å². The van der Waals surface area contributed by atoms with Crippen molar-refractivity contribution < 1.29 is 9.50 Å². The van der Waals surface area contributed by atoms with Gasteiger partial charge in [-0.05, 0) is 79.9 Å². The van der Waals surface area contributed by atoms with Gasteiger partial charge in [0.15, 0.2) is 11.7 Å². The lowest BCUT2D eigenvalue weighted by atomic mass is 9.95. The number of nitrogens with zero attached hydrogens (tertiary/aromatic N) is 3. The van der Waals surface area contributed by atoms with Gasteiger partial charge >= 0.3 is 0 Å². The number of H-pyrrole nitrogens is 1. The Kier molecular flexibility index (Phi) is 6.00. The molecule has 0 unspecified atom stereocenters. The summed E-state index contributed by atoms with van der Waals surface area (Å²) in [6.07, 6.45) is 2.19. The van der Waals surface area contributed by atoms with E-state index in [-0.39, 0.29) is 11.7 Å². The van der Waals surface area contributed by atoms with Crippen LogP contribution in [-0.2, 0) is 0 Å². The molecule has 7 heteroatoms. The first kappa shape index (κ1) is 23.4. The molecule has 1 fully saturated rings. The van der Waals surface area contributed by atoms with Gasteiger partial charge in [-0.1, -0.05) is 25.1 Å². The lowest BCUT2D eigenvalue weighted by molar-refractivity contribution is 0.229. The van der Waals surface area contributed by atoms with Gasteiger partial charge in [0.25, 0.3) is 0 Å². The Hall–Kier alpha value is -3.97. The van der Waals surface area contributed by atoms with E-state index < -0.39 is 0 Å². The smallest absolute Gasteiger partial charge is 0.197 e. The average Bonchev–Trinajstić information content (AvgIpc) is 3.47. The minimum Gasteiger partial charge on any atom is -0.494 e. The number of aromatic hydroxyl groups is 1. The molecule has 2 aliphatic rings. The highest BCUT2D eigenvalue weighted by Gasteiger charge is 2.24. The van der Waals surface area contributed by atoms with E-state index in [4.69, 9.17) is 9.98 Å². The van der Waals surface area contributed by atoms with Gasteiger partial charge in [-0.2, -0.15) is 0 Å². The fraction of sp³-hybridized carbons (Fsp3) is 0.267. The van der Waals surface area contributed by atoms with E-state index in [0.717, 1.165) is 65.3 Å². The maximum absolute atomic E-state index is 14.2. The van der Waals surface area contributed by atoms with Crippen LogP contribution < -0.4 is 16.0 Å². The maximum atomic E-state index is 14.2. The lowest BCUT2D eigenvalue weighted by Crippen LogP contribution is -2.38. The van der Waals surface area contributed by atoms with E-state index in [1.54, 1.807) is 19.1 Å². The quantitative estimate of drug-likeness (QED) is 0.369. The summed E-state index contributed by atoms with van der Waals surface area (Å²) in [5, 5.41) is 17.3. The average molecular weight is 496 g/mol. The first-order chi connectivity index (χ1) is 18.0.